The number of hydrogen-bond donors (Lipinski definition) is 2. The van der Waals surface area contributed by atoms with Crippen molar-refractivity contribution in [2.24, 2.45) is 0 Å². The molecule has 0 fully saturated rings. The molecule has 0 aromatic carbocycles. The van der Waals surface area contributed by atoms with Crippen molar-refractivity contribution in [3.63, 3.8) is 0 Å². The van der Waals surface area contributed by atoms with Crippen LogP contribution in [0.3, 0.4) is 0 Å². The predicted molar refractivity (Wildman–Crippen MR) is 235 cm³/mol. The molecule has 0 rings (SSSR count). The first-order valence-corrected chi connectivity index (χ1v) is 24.0. The summed E-state index contributed by atoms with van der Waals surface area (Å²) in [7, 11) is 1.55. The van der Waals surface area contributed by atoms with Crippen LogP contribution in [0.15, 0.2) is 48.6 Å². The number of esters is 1. The molecule has 0 saturated heterocycles. The molecule has 0 bridgehead atoms. The standard InChI is InChI=1S/C46H86NO8P/c1-6-8-10-12-14-16-18-20-21-22-24-26-28-30-32-34-40-52-42-45(43-54-56(50,51)53-41-39-47(3,4)5)55-46(49)38-35-37-44(48)36-33-31-29-27-25-23-19-17-15-13-11-9-7-2/h15,17,23,25,29,31,33,36,44-45,48H,6-14,16,18-22,24,26-28,30,32,34-35,37-43H2,1-5H3/p+1/b17-15+,25-23+,31-29+,36-33+. The summed E-state index contributed by atoms with van der Waals surface area (Å²) in [5, 5.41) is 10.3. The maximum absolute atomic E-state index is 12.7. The summed E-state index contributed by atoms with van der Waals surface area (Å²) in [4.78, 5) is 22.9. The molecule has 0 aromatic heterocycles. The van der Waals surface area contributed by atoms with Gasteiger partial charge in [-0.25, -0.2) is 4.57 Å². The molecule has 0 spiro atoms. The number of aliphatic hydroxyl groups excluding tert-OH is 1. The highest BCUT2D eigenvalue weighted by Gasteiger charge is 2.26. The summed E-state index contributed by atoms with van der Waals surface area (Å²) in [6, 6.07) is 0. The third kappa shape index (κ3) is 42.0. The highest BCUT2D eigenvalue weighted by molar-refractivity contribution is 7.47. The number of unbranched alkanes of at least 4 members (excludes halogenated alkanes) is 18. The Morgan fingerprint density at radius 2 is 1.18 bits per heavy atom. The second-order valence-corrected chi connectivity index (χ2v) is 17.7. The molecule has 328 valence electrons. The molecular weight excluding hydrogens is 725 g/mol. The number of phosphoric acid groups is 1. The molecule has 0 aliphatic heterocycles. The minimum Gasteiger partial charge on any atom is -0.457 e. The van der Waals surface area contributed by atoms with E-state index in [1.807, 2.05) is 39.4 Å². The quantitative estimate of drug-likeness (QED) is 0.0157. The fourth-order valence-corrected chi connectivity index (χ4v) is 6.69. The average molecular weight is 813 g/mol. The highest BCUT2D eigenvalue weighted by atomic mass is 31.2. The number of phosphoric ester groups is 1. The summed E-state index contributed by atoms with van der Waals surface area (Å²) in [6.45, 7) is 5.33. The topological polar surface area (TPSA) is 112 Å². The number of nitrogens with zero attached hydrogens (tertiary/aromatic N) is 1. The molecule has 56 heavy (non-hydrogen) atoms. The van der Waals surface area contributed by atoms with Gasteiger partial charge in [0.1, 0.15) is 19.3 Å². The van der Waals surface area contributed by atoms with Gasteiger partial charge in [-0.2, -0.15) is 0 Å². The Hall–Kier alpha value is -1.58. The van der Waals surface area contributed by atoms with Crippen LogP contribution in [0.2, 0.25) is 0 Å². The fourth-order valence-electron chi connectivity index (χ4n) is 5.95. The lowest BCUT2D eigenvalue weighted by Crippen LogP contribution is -2.37. The van der Waals surface area contributed by atoms with Crippen LogP contribution < -0.4 is 0 Å². The largest absolute Gasteiger partial charge is 0.472 e. The van der Waals surface area contributed by atoms with Crippen molar-refractivity contribution in [1.29, 1.82) is 0 Å². The summed E-state index contributed by atoms with van der Waals surface area (Å²) < 4.78 is 34.8. The number of carbonyl (C=O) groups is 1. The fraction of sp³-hybridized carbons (Fsp3) is 0.804. The van der Waals surface area contributed by atoms with E-state index in [2.05, 4.69) is 38.2 Å². The van der Waals surface area contributed by atoms with Crippen molar-refractivity contribution in [2.45, 2.75) is 187 Å². The Balaban J connectivity index is 4.42. The zero-order chi connectivity index (χ0) is 41.4. The van der Waals surface area contributed by atoms with E-state index in [0.29, 0.717) is 30.5 Å². The van der Waals surface area contributed by atoms with Crippen LogP contribution in [-0.4, -0.2) is 86.8 Å². The maximum atomic E-state index is 12.7. The summed E-state index contributed by atoms with van der Waals surface area (Å²) in [5.74, 6) is -0.470. The lowest BCUT2D eigenvalue weighted by Gasteiger charge is -2.24. The van der Waals surface area contributed by atoms with E-state index >= 15 is 0 Å². The molecule has 0 aromatic rings. The molecule has 3 unspecified atom stereocenters. The van der Waals surface area contributed by atoms with Crippen LogP contribution in [0.25, 0.3) is 0 Å². The van der Waals surface area contributed by atoms with Gasteiger partial charge in [-0.15, -0.1) is 0 Å². The van der Waals surface area contributed by atoms with Crippen molar-refractivity contribution in [3.05, 3.63) is 48.6 Å². The number of likely N-dealkylation sites (N-methyl/N-ethyl adjacent to an activating group) is 1. The Kier molecular flexibility index (Phi) is 37.8. The van der Waals surface area contributed by atoms with Gasteiger partial charge in [-0.3, -0.25) is 13.8 Å². The molecule has 0 heterocycles. The summed E-state index contributed by atoms with van der Waals surface area (Å²) in [6.07, 6.45) is 43.2. The normalized spacial score (nSPS) is 14.8. The molecule has 10 heteroatoms. The number of hydrogen-bond acceptors (Lipinski definition) is 7. The van der Waals surface area contributed by atoms with Crippen molar-refractivity contribution >= 4 is 13.8 Å². The van der Waals surface area contributed by atoms with E-state index in [4.69, 9.17) is 18.5 Å². The Labute approximate surface area is 344 Å². The Bertz CT molecular complexity index is 1050. The first-order valence-electron chi connectivity index (χ1n) is 22.5. The van der Waals surface area contributed by atoms with Gasteiger partial charge in [0.25, 0.3) is 0 Å². The molecule has 0 radical (unpaired) electrons. The van der Waals surface area contributed by atoms with E-state index in [1.165, 1.54) is 109 Å². The first kappa shape index (κ1) is 54.4. The van der Waals surface area contributed by atoms with Gasteiger partial charge in [0.05, 0.1) is 40.5 Å². The monoisotopic (exact) mass is 813 g/mol. The Morgan fingerprint density at radius 3 is 1.77 bits per heavy atom. The first-order chi connectivity index (χ1) is 27.0. The number of ether oxygens (including phenoxy) is 2. The SMILES string of the molecule is CCCCC/C=C/C/C=C/C/C=C/C=C/C(O)CCCC(=O)OC(COCCCCCCCCCCCCCCCCCC)COP(=O)(O)OCC[N+](C)(C)C. The number of rotatable bonds is 41. The Morgan fingerprint density at radius 1 is 0.643 bits per heavy atom. The minimum atomic E-state index is -4.33. The molecule has 0 aliphatic rings. The lowest BCUT2D eigenvalue weighted by molar-refractivity contribution is -0.870. The zero-order valence-corrected chi connectivity index (χ0v) is 37.6. The van der Waals surface area contributed by atoms with Gasteiger partial charge in [0, 0.05) is 13.0 Å². The van der Waals surface area contributed by atoms with Crippen LogP contribution in [0.4, 0.5) is 0 Å². The van der Waals surface area contributed by atoms with Crippen LogP contribution >= 0.6 is 7.82 Å². The lowest BCUT2D eigenvalue weighted by atomic mass is 10.0. The number of quaternary nitrogens is 1. The smallest absolute Gasteiger partial charge is 0.457 e. The summed E-state index contributed by atoms with van der Waals surface area (Å²) in [5.41, 5.74) is 0. The van der Waals surface area contributed by atoms with E-state index in [0.717, 1.165) is 32.1 Å². The van der Waals surface area contributed by atoms with Crippen molar-refractivity contribution < 1.29 is 42.4 Å². The van der Waals surface area contributed by atoms with Gasteiger partial charge >= 0.3 is 13.8 Å². The summed E-state index contributed by atoms with van der Waals surface area (Å²) >= 11 is 0. The van der Waals surface area contributed by atoms with Crippen molar-refractivity contribution in [2.75, 3.05) is 54.1 Å². The molecule has 2 N–H and O–H groups in total. The molecule has 3 atom stereocenters. The van der Waals surface area contributed by atoms with Crippen molar-refractivity contribution in [3.8, 4) is 0 Å². The average Bonchev–Trinajstić information content (AvgIpc) is 3.14. The highest BCUT2D eigenvalue weighted by Crippen LogP contribution is 2.43. The molecule has 0 amide bonds. The molecule has 0 aliphatic carbocycles. The van der Waals surface area contributed by atoms with E-state index in [9.17, 15) is 19.4 Å². The molecular formula is C46H87NO8P+. The third-order valence-corrected chi connectivity index (χ3v) is 10.5. The molecule has 0 saturated carbocycles. The van der Waals surface area contributed by atoms with Crippen LogP contribution in [0.5, 0.6) is 0 Å². The zero-order valence-electron chi connectivity index (χ0n) is 36.7. The number of carbonyl (C=O) groups excluding carboxylic acids is 1. The minimum absolute atomic E-state index is 0.0538. The van der Waals surface area contributed by atoms with Gasteiger partial charge < -0.3 is 24.0 Å². The van der Waals surface area contributed by atoms with Gasteiger partial charge in [-0.1, -0.05) is 172 Å². The van der Waals surface area contributed by atoms with E-state index in [-0.39, 0.29) is 26.2 Å². The van der Waals surface area contributed by atoms with E-state index in [1.54, 1.807) is 6.08 Å². The van der Waals surface area contributed by atoms with Crippen LogP contribution in [-0.2, 0) is 27.9 Å². The second kappa shape index (κ2) is 38.9. The van der Waals surface area contributed by atoms with Gasteiger partial charge in [0.15, 0.2) is 0 Å². The van der Waals surface area contributed by atoms with Crippen LogP contribution in [0.1, 0.15) is 174 Å². The molecule has 9 nitrogen and oxygen atoms in total. The number of allylic oxidation sites excluding steroid dienone is 7. The van der Waals surface area contributed by atoms with Gasteiger partial charge in [-0.05, 0) is 44.9 Å². The second-order valence-electron chi connectivity index (χ2n) is 16.3. The number of aliphatic hydroxyl groups is 1. The van der Waals surface area contributed by atoms with Crippen molar-refractivity contribution in [1.82, 2.24) is 0 Å². The van der Waals surface area contributed by atoms with E-state index < -0.39 is 26.0 Å². The third-order valence-electron chi connectivity index (χ3n) is 9.50. The van der Waals surface area contributed by atoms with Gasteiger partial charge in [0.2, 0.25) is 0 Å². The maximum Gasteiger partial charge on any atom is 0.472 e. The van der Waals surface area contributed by atoms with Crippen LogP contribution in [0, 0.1) is 0 Å². The predicted octanol–water partition coefficient (Wildman–Crippen LogP) is 12.1.